The summed E-state index contributed by atoms with van der Waals surface area (Å²) in [6.07, 6.45) is -5.61. The van der Waals surface area contributed by atoms with Crippen LogP contribution in [0.3, 0.4) is 0 Å². The molecular formula is C14H15F3N2O2. The van der Waals surface area contributed by atoms with E-state index in [-0.39, 0.29) is 11.9 Å². The Bertz CT molecular complexity index is 675. The SMILES string of the molecule is COc1ccc2c(c1)nc(CC(=O)C(F)(F)F)n2C(C)C. The number of imidazole rings is 1. The Kier molecular flexibility index (Phi) is 3.93. The number of Topliss-reactive ketones (excluding diaryl/α,β-unsaturated/α-hetero) is 1. The molecule has 2 rings (SSSR count). The molecular weight excluding hydrogens is 285 g/mol. The summed E-state index contributed by atoms with van der Waals surface area (Å²) in [4.78, 5) is 15.4. The topological polar surface area (TPSA) is 44.1 Å². The van der Waals surface area contributed by atoms with E-state index in [9.17, 15) is 18.0 Å². The zero-order valence-corrected chi connectivity index (χ0v) is 11.9. The lowest BCUT2D eigenvalue weighted by Crippen LogP contribution is -2.26. The standard InChI is InChI=1S/C14H15F3N2O2/c1-8(2)19-11-5-4-9(21-3)6-10(11)18-13(19)7-12(20)14(15,16)17/h4-6,8H,7H2,1-3H3. The van der Waals surface area contributed by atoms with Gasteiger partial charge in [-0.2, -0.15) is 13.2 Å². The third-order valence-electron chi connectivity index (χ3n) is 3.12. The van der Waals surface area contributed by atoms with Crippen LogP contribution in [0.1, 0.15) is 25.7 Å². The molecule has 1 aromatic carbocycles. The Labute approximate surface area is 119 Å². The lowest BCUT2D eigenvalue weighted by molar-refractivity contribution is -0.170. The van der Waals surface area contributed by atoms with Crippen LogP contribution in [0.2, 0.25) is 0 Å². The number of benzene rings is 1. The molecule has 0 fully saturated rings. The van der Waals surface area contributed by atoms with Crippen molar-refractivity contribution in [2.45, 2.75) is 32.5 Å². The van der Waals surface area contributed by atoms with E-state index in [1.807, 2.05) is 13.8 Å². The van der Waals surface area contributed by atoms with E-state index in [0.29, 0.717) is 16.8 Å². The summed E-state index contributed by atoms with van der Waals surface area (Å²) in [5, 5.41) is 0. The van der Waals surface area contributed by atoms with Crippen molar-refractivity contribution >= 4 is 16.8 Å². The molecule has 0 aliphatic carbocycles. The van der Waals surface area contributed by atoms with Crippen LogP contribution in [0.4, 0.5) is 13.2 Å². The van der Waals surface area contributed by atoms with Crippen LogP contribution < -0.4 is 4.74 Å². The molecule has 0 aliphatic heterocycles. The number of carbonyl (C=O) groups excluding carboxylic acids is 1. The molecule has 0 saturated heterocycles. The molecule has 0 unspecified atom stereocenters. The predicted octanol–water partition coefficient (Wildman–Crippen LogP) is 3.30. The van der Waals surface area contributed by atoms with Crippen LogP contribution in [-0.4, -0.2) is 28.6 Å². The number of hydrogen-bond acceptors (Lipinski definition) is 3. The van der Waals surface area contributed by atoms with E-state index in [4.69, 9.17) is 4.74 Å². The number of nitrogens with zero attached hydrogens (tertiary/aromatic N) is 2. The van der Waals surface area contributed by atoms with E-state index in [0.717, 1.165) is 0 Å². The zero-order valence-electron chi connectivity index (χ0n) is 11.9. The van der Waals surface area contributed by atoms with Gasteiger partial charge in [0.25, 0.3) is 0 Å². The van der Waals surface area contributed by atoms with Crippen molar-refractivity contribution in [3.05, 3.63) is 24.0 Å². The first-order valence-electron chi connectivity index (χ1n) is 6.39. The van der Waals surface area contributed by atoms with Crippen molar-refractivity contribution in [2.24, 2.45) is 0 Å². The Balaban J connectivity index is 2.52. The molecule has 1 aromatic heterocycles. The summed E-state index contributed by atoms with van der Waals surface area (Å²) in [6.45, 7) is 3.65. The number of methoxy groups -OCH3 is 1. The summed E-state index contributed by atoms with van der Waals surface area (Å²) in [7, 11) is 1.49. The highest BCUT2D eigenvalue weighted by Gasteiger charge is 2.39. The molecule has 7 heteroatoms. The highest BCUT2D eigenvalue weighted by molar-refractivity contribution is 5.87. The first kappa shape index (κ1) is 15.3. The molecule has 0 saturated carbocycles. The van der Waals surface area contributed by atoms with Gasteiger partial charge in [-0.15, -0.1) is 0 Å². The van der Waals surface area contributed by atoms with Crippen molar-refractivity contribution in [1.82, 2.24) is 9.55 Å². The van der Waals surface area contributed by atoms with Crippen molar-refractivity contribution < 1.29 is 22.7 Å². The molecule has 21 heavy (non-hydrogen) atoms. The maximum atomic E-state index is 12.4. The zero-order chi connectivity index (χ0) is 15.8. The summed E-state index contributed by atoms with van der Waals surface area (Å²) in [5.41, 5.74) is 1.18. The fourth-order valence-corrected chi connectivity index (χ4v) is 2.20. The van der Waals surface area contributed by atoms with Gasteiger partial charge in [0.05, 0.1) is 24.6 Å². The number of fused-ring (bicyclic) bond motifs is 1. The number of hydrogen-bond donors (Lipinski definition) is 0. The highest BCUT2D eigenvalue weighted by Crippen LogP contribution is 2.27. The van der Waals surface area contributed by atoms with Crippen LogP contribution in [0, 0.1) is 0 Å². The second-order valence-corrected chi connectivity index (χ2v) is 4.94. The summed E-state index contributed by atoms with van der Waals surface area (Å²) in [6, 6.07) is 4.95. The average molecular weight is 300 g/mol. The predicted molar refractivity (Wildman–Crippen MR) is 71.4 cm³/mol. The van der Waals surface area contributed by atoms with E-state index in [2.05, 4.69) is 4.98 Å². The number of ether oxygens (including phenoxy) is 1. The summed E-state index contributed by atoms with van der Waals surface area (Å²) in [5.74, 6) is -1.13. The molecule has 0 atom stereocenters. The van der Waals surface area contributed by atoms with Crippen molar-refractivity contribution in [1.29, 1.82) is 0 Å². The minimum absolute atomic E-state index is 0.107. The van der Waals surface area contributed by atoms with E-state index >= 15 is 0 Å². The Morgan fingerprint density at radius 1 is 1.38 bits per heavy atom. The molecule has 0 aliphatic rings. The fraction of sp³-hybridized carbons (Fsp3) is 0.429. The largest absolute Gasteiger partial charge is 0.497 e. The van der Waals surface area contributed by atoms with Crippen LogP contribution in [-0.2, 0) is 11.2 Å². The van der Waals surface area contributed by atoms with Gasteiger partial charge in [0.2, 0.25) is 5.78 Å². The number of halogens is 3. The van der Waals surface area contributed by atoms with E-state index < -0.39 is 18.4 Å². The summed E-state index contributed by atoms with van der Waals surface area (Å²) < 4.78 is 44.0. The fourth-order valence-electron chi connectivity index (χ4n) is 2.20. The molecule has 0 bridgehead atoms. The van der Waals surface area contributed by atoms with Gasteiger partial charge in [0.15, 0.2) is 0 Å². The number of ketones is 1. The van der Waals surface area contributed by atoms with Gasteiger partial charge >= 0.3 is 6.18 Å². The Hall–Kier alpha value is -2.05. The maximum Gasteiger partial charge on any atom is 0.450 e. The van der Waals surface area contributed by atoms with E-state index in [1.54, 1.807) is 22.8 Å². The third-order valence-corrected chi connectivity index (χ3v) is 3.12. The van der Waals surface area contributed by atoms with Crippen LogP contribution in [0.5, 0.6) is 5.75 Å². The van der Waals surface area contributed by atoms with Crippen LogP contribution >= 0.6 is 0 Å². The van der Waals surface area contributed by atoms with Gasteiger partial charge in [0.1, 0.15) is 11.6 Å². The lowest BCUT2D eigenvalue weighted by atomic mass is 10.2. The molecule has 0 radical (unpaired) electrons. The normalized spacial score (nSPS) is 12.1. The molecule has 2 aromatic rings. The van der Waals surface area contributed by atoms with Crippen LogP contribution in [0.15, 0.2) is 18.2 Å². The molecule has 0 N–H and O–H groups in total. The second-order valence-electron chi connectivity index (χ2n) is 4.94. The molecule has 0 spiro atoms. The van der Waals surface area contributed by atoms with Crippen LogP contribution in [0.25, 0.3) is 11.0 Å². The van der Waals surface area contributed by atoms with E-state index in [1.165, 1.54) is 7.11 Å². The first-order valence-corrected chi connectivity index (χ1v) is 6.39. The van der Waals surface area contributed by atoms with Gasteiger partial charge < -0.3 is 9.30 Å². The minimum atomic E-state index is -4.85. The Morgan fingerprint density at radius 3 is 2.57 bits per heavy atom. The van der Waals surface area contributed by atoms with Crippen molar-refractivity contribution in [2.75, 3.05) is 7.11 Å². The van der Waals surface area contributed by atoms with Gasteiger partial charge in [-0.3, -0.25) is 4.79 Å². The molecule has 4 nitrogen and oxygen atoms in total. The summed E-state index contributed by atoms with van der Waals surface area (Å²) >= 11 is 0. The molecule has 114 valence electrons. The first-order chi connectivity index (χ1) is 9.74. The number of alkyl halides is 3. The number of carbonyl (C=O) groups is 1. The van der Waals surface area contributed by atoms with Gasteiger partial charge in [-0.25, -0.2) is 4.98 Å². The van der Waals surface area contributed by atoms with Gasteiger partial charge in [-0.05, 0) is 26.0 Å². The lowest BCUT2D eigenvalue weighted by Gasteiger charge is -2.13. The third kappa shape index (κ3) is 3.01. The number of aromatic nitrogens is 2. The second kappa shape index (κ2) is 5.38. The van der Waals surface area contributed by atoms with Gasteiger partial charge in [0, 0.05) is 12.1 Å². The van der Waals surface area contributed by atoms with Crippen molar-refractivity contribution in [3.8, 4) is 5.75 Å². The van der Waals surface area contributed by atoms with Crippen molar-refractivity contribution in [3.63, 3.8) is 0 Å². The Morgan fingerprint density at radius 2 is 2.05 bits per heavy atom. The quantitative estimate of drug-likeness (QED) is 0.870. The highest BCUT2D eigenvalue weighted by atomic mass is 19.4. The monoisotopic (exact) mass is 300 g/mol. The van der Waals surface area contributed by atoms with Gasteiger partial charge in [-0.1, -0.05) is 0 Å². The smallest absolute Gasteiger partial charge is 0.450 e. The maximum absolute atomic E-state index is 12.4. The average Bonchev–Trinajstić information content (AvgIpc) is 2.74. The molecule has 1 heterocycles. The minimum Gasteiger partial charge on any atom is -0.497 e. The number of rotatable bonds is 4. The molecule has 0 amide bonds.